The average molecular weight is 265 g/mol. The highest BCUT2D eigenvalue weighted by Gasteiger charge is 2.46. The summed E-state index contributed by atoms with van der Waals surface area (Å²) in [6.07, 6.45) is 7.65. The van der Waals surface area contributed by atoms with Gasteiger partial charge in [0.1, 0.15) is 0 Å². The van der Waals surface area contributed by atoms with Crippen LogP contribution >= 0.6 is 0 Å². The van der Waals surface area contributed by atoms with Gasteiger partial charge in [-0.1, -0.05) is 34.1 Å². The molecule has 0 saturated heterocycles. The van der Waals surface area contributed by atoms with Gasteiger partial charge >= 0.3 is 0 Å². The molecule has 2 rings (SSSR count). The number of aliphatic imine (C=N–C) groups is 1. The van der Waals surface area contributed by atoms with E-state index in [2.05, 4.69) is 37.6 Å². The first-order valence-corrected chi connectivity index (χ1v) is 8.03. The largest absolute Gasteiger partial charge is 0.370 e. The van der Waals surface area contributed by atoms with Crippen LogP contribution in [0.5, 0.6) is 0 Å². The second-order valence-electron chi connectivity index (χ2n) is 7.17. The summed E-state index contributed by atoms with van der Waals surface area (Å²) < 4.78 is 0. The van der Waals surface area contributed by atoms with Crippen LogP contribution in [-0.2, 0) is 0 Å². The molecular formula is C16H31N3. The molecule has 3 heteroatoms. The zero-order valence-corrected chi connectivity index (χ0v) is 13.2. The van der Waals surface area contributed by atoms with Gasteiger partial charge in [0.25, 0.3) is 0 Å². The predicted octanol–water partition coefficient (Wildman–Crippen LogP) is 3.39. The Balaban J connectivity index is 2.03. The predicted molar refractivity (Wildman–Crippen MR) is 82.2 cm³/mol. The molecule has 0 atom stereocenters. The number of rotatable bonds is 4. The highest BCUT2D eigenvalue weighted by Crippen LogP contribution is 2.46. The van der Waals surface area contributed by atoms with Crippen LogP contribution in [0.2, 0.25) is 0 Å². The SMILES string of the molecule is CCCN1C(N)=NCC12CCC(C(C)(C)CC)CC2. The van der Waals surface area contributed by atoms with E-state index in [-0.39, 0.29) is 5.54 Å². The zero-order chi connectivity index (χ0) is 14.1. The molecule has 110 valence electrons. The Bertz CT molecular complexity index is 338. The molecule has 1 aliphatic heterocycles. The summed E-state index contributed by atoms with van der Waals surface area (Å²) in [6, 6.07) is 0. The molecule has 1 aliphatic carbocycles. The van der Waals surface area contributed by atoms with Crippen molar-refractivity contribution in [2.24, 2.45) is 22.1 Å². The van der Waals surface area contributed by atoms with Crippen LogP contribution in [0, 0.1) is 11.3 Å². The van der Waals surface area contributed by atoms with E-state index < -0.39 is 0 Å². The van der Waals surface area contributed by atoms with Crippen molar-refractivity contribution in [1.29, 1.82) is 0 Å². The number of hydrogen-bond acceptors (Lipinski definition) is 3. The summed E-state index contributed by atoms with van der Waals surface area (Å²) in [5, 5.41) is 0. The Kier molecular flexibility index (Phi) is 4.12. The number of guanidine groups is 1. The molecule has 0 unspecified atom stereocenters. The van der Waals surface area contributed by atoms with Crippen molar-refractivity contribution in [3.05, 3.63) is 0 Å². The Morgan fingerprint density at radius 1 is 1.32 bits per heavy atom. The lowest BCUT2D eigenvalue weighted by molar-refractivity contribution is 0.0648. The Morgan fingerprint density at radius 2 is 1.95 bits per heavy atom. The van der Waals surface area contributed by atoms with E-state index in [9.17, 15) is 0 Å². The zero-order valence-electron chi connectivity index (χ0n) is 13.2. The molecule has 2 aliphatic rings. The van der Waals surface area contributed by atoms with E-state index in [0.29, 0.717) is 5.41 Å². The molecule has 3 nitrogen and oxygen atoms in total. The minimum absolute atomic E-state index is 0.264. The van der Waals surface area contributed by atoms with Gasteiger partial charge in [-0.25, -0.2) is 0 Å². The van der Waals surface area contributed by atoms with E-state index in [4.69, 9.17) is 5.73 Å². The molecular weight excluding hydrogens is 234 g/mol. The maximum absolute atomic E-state index is 6.09. The van der Waals surface area contributed by atoms with Gasteiger partial charge in [-0.3, -0.25) is 4.99 Å². The lowest BCUT2D eigenvalue weighted by Gasteiger charge is -2.47. The third kappa shape index (κ3) is 2.61. The van der Waals surface area contributed by atoms with E-state index in [1.54, 1.807) is 0 Å². The maximum Gasteiger partial charge on any atom is 0.191 e. The second-order valence-corrected chi connectivity index (χ2v) is 7.17. The second kappa shape index (κ2) is 5.34. The van der Waals surface area contributed by atoms with Crippen LogP contribution in [0.25, 0.3) is 0 Å². The Labute approximate surface area is 118 Å². The molecule has 1 saturated carbocycles. The first-order valence-electron chi connectivity index (χ1n) is 8.03. The van der Waals surface area contributed by atoms with Gasteiger partial charge < -0.3 is 10.6 Å². The van der Waals surface area contributed by atoms with Crippen molar-refractivity contribution in [1.82, 2.24) is 4.90 Å². The standard InChI is InChI=1S/C16H31N3/c1-5-11-19-14(17)18-12-16(19)9-7-13(8-10-16)15(3,4)6-2/h13H,5-12H2,1-4H3,(H2,17,18). The van der Waals surface area contributed by atoms with Crippen molar-refractivity contribution in [3.8, 4) is 0 Å². The van der Waals surface area contributed by atoms with Crippen molar-refractivity contribution < 1.29 is 0 Å². The summed E-state index contributed by atoms with van der Waals surface area (Å²) in [7, 11) is 0. The van der Waals surface area contributed by atoms with Crippen LogP contribution in [0.4, 0.5) is 0 Å². The van der Waals surface area contributed by atoms with Crippen LogP contribution in [0.15, 0.2) is 4.99 Å². The van der Waals surface area contributed by atoms with Crippen molar-refractivity contribution in [2.75, 3.05) is 13.1 Å². The molecule has 19 heavy (non-hydrogen) atoms. The van der Waals surface area contributed by atoms with Gasteiger partial charge in [-0.05, 0) is 43.4 Å². The number of nitrogens with zero attached hydrogens (tertiary/aromatic N) is 2. The highest BCUT2D eigenvalue weighted by atomic mass is 15.4. The summed E-state index contributed by atoms with van der Waals surface area (Å²) in [5.41, 5.74) is 6.85. The fourth-order valence-electron chi connectivity index (χ4n) is 3.87. The van der Waals surface area contributed by atoms with Crippen LogP contribution in [0.1, 0.15) is 66.2 Å². The van der Waals surface area contributed by atoms with Gasteiger partial charge in [0, 0.05) is 6.54 Å². The first kappa shape index (κ1) is 14.7. The molecule has 2 N–H and O–H groups in total. The van der Waals surface area contributed by atoms with E-state index in [0.717, 1.165) is 31.4 Å². The lowest BCUT2D eigenvalue weighted by Crippen LogP contribution is -2.54. The molecule has 0 radical (unpaired) electrons. The fourth-order valence-corrected chi connectivity index (χ4v) is 3.87. The fraction of sp³-hybridized carbons (Fsp3) is 0.938. The van der Waals surface area contributed by atoms with E-state index in [1.807, 2.05) is 0 Å². The van der Waals surface area contributed by atoms with Gasteiger partial charge in [0.05, 0.1) is 12.1 Å². The molecule has 0 aromatic heterocycles. The van der Waals surface area contributed by atoms with Crippen molar-refractivity contribution in [2.45, 2.75) is 71.8 Å². The molecule has 1 spiro atoms. The molecule has 1 fully saturated rings. The normalized spacial score (nSPS) is 31.9. The molecule has 0 aromatic carbocycles. The highest BCUT2D eigenvalue weighted by molar-refractivity contribution is 5.81. The minimum atomic E-state index is 0.264. The molecule has 0 amide bonds. The van der Waals surface area contributed by atoms with Crippen molar-refractivity contribution >= 4 is 5.96 Å². The third-order valence-corrected chi connectivity index (χ3v) is 5.76. The first-order chi connectivity index (χ1) is 8.95. The van der Waals surface area contributed by atoms with Crippen LogP contribution in [0.3, 0.4) is 0 Å². The van der Waals surface area contributed by atoms with Gasteiger partial charge in [-0.15, -0.1) is 0 Å². The molecule has 1 heterocycles. The lowest BCUT2D eigenvalue weighted by atomic mass is 9.65. The van der Waals surface area contributed by atoms with E-state index >= 15 is 0 Å². The van der Waals surface area contributed by atoms with E-state index in [1.165, 1.54) is 32.1 Å². The van der Waals surface area contributed by atoms with Crippen LogP contribution < -0.4 is 5.73 Å². The van der Waals surface area contributed by atoms with Gasteiger partial charge in [-0.2, -0.15) is 0 Å². The number of hydrogen-bond donors (Lipinski definition) is 1. The third-order valence-electron chi connectivity index (χ3n) is 5.76. The minimum Gasteiger partial charge on any atom is -0.370 e. The monoisotopic (exact) mass is 265 g/mol. The number of nitrogens with two attached hydrogens (primary N) is 1. The summed E-state index contributed by atoms with van der Waals surface area (Å²) in [4.78, 5) is 6.95. The van der Waals surface area contributed by atoms with Crippen molar-refractivity contribution in [3.63, 3.8) is 0 Å². The van der Waals surface area contributed by atoms with Gasteiger partial charge in [0.15, 0.2) is 5.96 Å². The average Bonchev–Trinajstić information content (AvgIpc) is 2.69. The van der Waals surface area contributed by atoms with Gasteiger partial charge in [0.2, 0.25) is 0 Å². The smallest absolute Gasteiger partial charge is 0.191 e. The Morgan fingerprint density at radius 3 is 2.47 bits per heavy atom. The van der Waals surface area contributed by atoms with Crippen LogP contribution in [-0.4, -0.2) is 29.5 Å². The molecule has 0 bridgehead atoms. The topological polar surface area (TPSA) is 41.6 Å². The summed E-state index contributed by atoms with van der Waals surface area (Å²) >= 11 is 0. The summed E-state index contributed by atoms with van der Waals surface area (Å²) in [6.45, 7) is 11.4. The Hall–Kier alpha value is -0.730. The summed E-state index contributed by atoms with van der Waals surface area (Å²) in [5.74, 6) is 1.66. The maximum atomic E-state index is 6.09. The molecule has 0 aromatic rings. The quantitative estimate of drug-likeness (QED) is 0.846.